The highest BCUT2D eigenvalue weighted by atomic mass is 19.1. The van der Waals surface area contributed by atoms with Crippen molar-refractivity contribution in [2.24, 2.45) is 0 Å². The summed E-state index contributed by atoms with van der Waals surface area (Å²) in [6, 6.07) is 7.68. The van der Waals surface area contributed by atoms with Gasteiger partial charge in [0.2, 0.25) is 0 Å². The number of hydrogen-bond acceptors (Lipinski definition) is 3. The summed E-state index contributed by atoms with van der Waals surface area (Å²) < 4.78 is 14.0. The molecule has 94 valence electrons. The molecule has 0 aromatic heterocycles. The fourth-order valence-corrected chi connectivity index (χ4v) is 2.39. The molecule has 1 unspecified atom stereocenters. The zero-order chi connectivity index (χ0) is 12.4. The first kappa shape index (κ1) is 12.2. The van der Waals surface area contributed by atoms with Gasteiger partial charge in [-0.15, -0.1) is 0 Å². The van der Waals surface area contributed by atoms with Crippen molar-refractivity contribution >= 4 is 11.4 Å². The van der Waals surface area contributed by atoms with Crippen molar-refractivity contribution in [3.05, 3.63) is 24.3 Å². The quantitative estimate of drug-likeness (QED) is 0.795. The van der Waals surface area contributed by atoms with Gasteiger partial charge < -0.3 is 15.5 Å². The van der Waals surface area contributed by atoms with Crippen molar-refractivity contribution in [1.82, 2.24) is 4.90 Å². The monoisotopic (exact) mass is 237 g/mol. The van der Waals surface area contributed by atoms with Crippen LogP contribution in [0.15, 0.2) is 24.3 Å². The van der Waals surface area contributed by atoms with E-state index in [1.165, 1.54) is 0 Å². The Hall–Kier alpha value is -1.29. The molecule has 0 amide bonds. The van der Waals surface area contributed by atoms with Crippen molar-refractivity contribution in [2.45, 2.75) is 18.6 Å². The van der Waals surface area contributed by atoms with E-state index in [0.717, 1.165) is 24.3 Å². The predicted molar refractivity (Wildman–Crippen MR) is 70.1 cm³/mol. The standard InChI is InChI=1S/C13H20FN3/c1-16(2)13-7-8-17(9-12(13)14)11-5-3-10(15)4-6-11/h3-6,12-13H,7-9,15H2,1-2H3/t12-,13?/m0/s1. The predicted octanol–water partition coefficient (Wildman–Crippen LogP) is 1.75. The summed E-state index contributed by atoms with van der Waals surface area (Å²) in [4.78, 5) is 4.06. The van der Waals surface area contributed by atoms with E-state index in [9.17, 15) is 4.39 Å². The molecule has 0 bridgehead atoms. The third kappa shape index (κ3) is 2.69. The summed E-state index contributed by atoms with van der Waals surface area (Å²) in [6.07, 6.45) is 0.0646. The van der Waals surface area contributed by atoms with Crippen LogP contribution >= 0.6 is 0 Å². The molecular formula is C13H20FN3. The van der Waals surface area contributed by atoms with Crippen LogP contribution in [0.5, 0.6) is 0 Å². The topological polar surface area (TPSA) is 32.5 Å². The average molecular weight is 237 g/mol. The normalized spacial score (nSPS) is 25.3. The van der Waals surface area contributed by atoms with Crippen LogP contribution < -0.4 is 10.6 Å². The lowest BCUT2D eigenvalue weighted by molar-refractivity contribution is 0.137. The fourth-order valence-electron chi connectivity index (χ4n) is 2.39. The molecule has 2 rings (SSSR count). The number of benzene rings is 1. The van der Waals surface area contributed by atoms with Crippen LogP contribution in [0.1, 0.15) is 6.42 Å². The summed E-state index contributed by atoms with van der Waals surface area (Å²) in [7, 11) is 3.88. The van der Waals surface area contributed by atoms with Crippen molar-refractivity contribution < 1.29 is 4.39 Å². The van der Waals surface area contributed by atoms with Gasteiger partial charge in [-0.25, -0.2) is 4.39 Å². The number of piperidine rings is 1. The Morgan fingerprint density at radius 2 is 1.94 bits per heavy atom. The summed E-state index contributed by atoms with van der Waals surface area (Å²) >= 11 is 0. The van der Waals surface area contributed by atoms with Crippen LogP contribution in [0, 0.1) is 0 Å². The molecule has 1 aromatic rings. The first-order valence-corrected chi connectivity index (χ1v) is 5.99. The van der Waals surface area contributed by atoms with E-state index < -0.39 is 6.17 Å². The highest BCUT2D eigenvalue weighted by Gasteiger charge is 2.30. The Balaban J connectivity index is 2.04. The van der Waals surface area contributed by atoms with Crippen LogP contribution in [0.25, 0.3) is 0 Å². The molecule has 2 atom stereocenters. The molecule has 3 nitrogen and oxygen atoms in total. The smallest absolute Gasteiger partial charge is 0.133 e. The first-order chi connectivity index (χ1) is 8.08. The molecule has 2 N–H and O–H groups in total. The van der Waals surface area contributed by atoms with E-state index >= 15 is 0 Å². The van der Waals surface area contributed by atoms with Crippen LogP contribution in [-0.2, 0) is 0 Å². The van der Waals surface area contributed by atoms with Crippen molar-refractivity contribution in [3.63, 3.8) is 0 Å². The third-order valence-corrected chi connectivity index (χ3v) is 3.43. The fraction of sp³-hybridized carbons (Fsp3) is 0.538. The molecule has 1 saturated heterocycles. The molecule has 1 heterocycles. The van der Waals surface area contributed by atoms with Crippen LogP contribution in [0.3, 0.4) is 0 Å². The Morgan fingerprint density at radius 1 is 1.29 bits per heavy atom. The third-order valence-electron chi connectivity index (χ3n) is 3.43. The number of nitrogens with two attached hydrogens (primary N) is 1. The maximum absolute atomic E-state index is 14.0. The van der Waals surface area contributed by atoms with Gasteiger partial charge in [-0.1, -0.05) is 0 Å². The average Bonchev–Trinajstić information content (AvgIpc) is 2.29. The molecular weight excluding hydrogens is 217 g/mol. The van der Waals surface area contributed by atoms with E-state index in [2.05, 4.69) is 4.90 Å². The summed E-state index contributed by atoms with van der Waals surface area (Å²) in [5.74, 6) is 0. The molecule has 4 heteroatoms. The minimum Gasteiger partial charge on any atom is -0.399 e. The molecule has 0 spiro atoms. The molecule has 1 aromatic carbocycles. The maximum Gasteiger partial charge on any atom is 0.133 e. The number of anilines is 2. The molecule has 0 radical (unpaired) electrons. The lowest BCUT2D eigenvalue weighted by atomic mass is 10.0. The van der Waals surface area contributed by atoms with E-state index in [1.54, 1.807) is 0 Å². The largest absolute Gasteiger partial charge is 0.399 e. The van der Waals surface area contributed by atoms with Crippen molar-refractivity contribution in [3.8, 4) is 0 Å². The Kier molecular flexibility index (Phi) is 3.52. The van der Waals surface area contributed by atoms with Gasteiger partial charge in [0.25, 0.3) is 0 Å². The lowest BCUT2D eigenvalue weighted by Crippen LogP contribution is -2.50. The second kappa shape index (κ2) is 4.92. The summed E-state index contributed by atoms with van der Waals surface area (Å²) in [5, 5.41) is 0. The van der Waals surface area contributed by atoms with Crippen LogP contribution in [0.4, 0.5) is 15.8 Å². The van der Waals surface area contributed by atoms with Gasteiger partial charge in [-0.3, -0.25) is 0 Å². The van der Waals surface area contributed by atoms with E-state index in [1.807, 2.05) is 43.3 Å². The minimum atomic E-state index is -0.795. The highest BCUT2D eigenvalue weighted by molar-refractivity contribution is 5.53. The molecule has 1 aliphatic heterocycles. The van der Waals surface area contributed by atoms with Gasteiger partial charge in [0, 0.05) is 24.0 Å². The Bertz CT molecular complexity index is 363. The van der Waals surface area contributed by atoms with Gasteiger partial charge in [0.1, 0.15) is 6.17 Å². The van der Waals surface area contributed by atoms with Gasteiger partial charge in [-0.05, 0) is 44.8 Å². The van der Waals surface area contributed by atoms with E-state index in [4.69, 9.17) is 5.73 Å². The molecule has 1 fully saturated rings. The van der Waals surface area contributed by atoms with Crippen molar-refractivity contribution in [1.29, 1.82) is 0 Å². The van der Waals surface area contributed by atoms with E-state index in [-0.39, 0.29) is 6.04 Å². The molecule has 17 heavy (non-hydrogen) atoms. The Morgan fingerprint density at radius 3 is 2.47 bits per heavy atom. The van der Waals surface area contributed by atoms with Crippen molar-refractivity contribution in [2.75, 3.05) is 37.8 Å². The summed E-state index contributed by atoms with van der Waals surface area (Å²) in [6.45, 7) is 1.36. The Labute approximate surface area is 102 Å². The lowest BCUT2D eigenvalue weighted by Gasteiger charge is -2.38. The molecule has 1 aliphatic rings. The number of halogens is 1. The van der Waals surface area contributed by atoms with Gasteiger partial charge in [0.15, 0.2) is 0 Å². The molecule has 0 saturated carbocycles. The first-order valence-electron chi connectivity index (χ1n) is 5.99. The second-order valence-electron chi connectivity index (χ2n) is 4.87. The van der Waals surface area contributed by atoms with E-state index in [0.29, 0.717) is 6.54 Å². The highest BCUT2D eigenvalue weighted by Crippen LogP contribution is 2.24. The van der Waals surface area contributed by atoms with Crippen LogP contribution in [-0.4, -0.2) is 44.3 Å². The SMILES string of the molecule is CN(C)C1CCN(c2ccc(N)cc2)C[C@@H]1F. The zero-order valence-electron chi connectivity index (χ0n) is 10.4. The number of nitrogen functional groups attached to an aromatic ring is 1. The minimum absolute atomic E-state index is 0.0417. The number of hydrogen-bond donors (Lipinski definition) is 1. The van der Waals surface area contributed by atoms with Gasteiger partial charge in [-0.2, -0.15) is 0 Å². The number of rotatable bonds is 2. The van der Waals surface area contributed by atoms with Gasteiger partial charge >= 0.3 is 0 Å². The van der Waals surface area contributed by atoms with Gasteiger partial charge in [0.05, 0.1) is 6.54 Å². The second-order valence-corrected chi connectivity index (χ2v) is 4.87. The zero-order valence-corrected chi connectivity index (χ0v) is 10.4. The molecule has 0 aliphatic carbocycles. The maximum atomic E-state index is 14.0. The van der Waals surface area contributed by atoms with Crippen LogP contribution in [0.2, 0.25) is 0 Å². The number of nitrogens with zero attached hydrogens (tertiary/aromatic N) is 2. The summed E-state index contributed by atoms with van der Waals surface area (Å²) in [5.41, 5.74) is 7.44. The number of alkyl halides is 1.